The van der Waals surface area contributed by atoms with Crippen LogP contribution in [0.25, 0.3) is 0 Å². The molecule has 0 rings (SSSR count). The molecule has 0 spiro atoms. The maximum absolute atomic E-state index is 10.4. The van der Waals surface area contributed by atoms with E-state index in [-0.39, 0.29) is 5.91 Å². The van der Waals surface area contributed by atoms with Crippen molar-refractivity contribution < 1.29 is 13.9 Å². The molecule has 2 N–H and O–H groups in total. The van der Waals surface area contributed by atoms with Crippen LogP contribution in [0, 0.1) is 0 Å². The lowest BCUT2D eigenvalue weighted by Crippen LogP contribution is -2.26. The number of amides is 1. The Labute approximate surface area is 56.0 Å². The van der Waals surface area contributed by atoms with Crippen molar-refractivity contribution in [3.63, 3.8) is 0 Å². The highest BCUT2D eigenvalue weighted by molar-refractivity contribution is 8.22. The van der Waals surface area contributed by atoms with Crippen molar-refractivity contribution in [1.82, 2.24) is 4.31 Å². The first-order valence-electron chi connectivity index (χ1n) is 2.33. The quantitative estimate of drug-likeness (QED) is 0.584. The van der Waals surface area contributed by atoms with Gasteiger partial charge in [0.05, 0.1) is 0 Å². The third kappa shape index (κ3) is 2.69. The van der Waals surface area contributed by atoms with Gasteiger partial charge >= 0.3 is 0 Å². The number of hydrogen-bond acceptors (Lipinski definition) is 3. The molecule has 0 unspecified atom stereocenters. The summed E-state index contributed by atoms with van der Waals surface area (Å²) < 4.78 is 18.5. The summed E-state index contributed by atoms with van der Waals surface area (Å²) in [5, 5.41) is 0. The van der Waals surface area contributed by atoms with Crippen molar-refractivity contribution in [3.8, 4) is 0 Å². The van der Waals surface area contributed by atoms with Crippen LogP contribution in [0.1, 0.15) is 6.92 Å². The van der Waals surface area contributed by atoms with Crippen molar-refractivity contribution in [3.05, 3.63) is 0 Å². The smallest absolute Gasteiger partial charge is 0.237 e. The van der Waals surface area contributed by atoms with Gasteiger partial charge in [0, 0.05) is 20.2 Å². The van der Waals surface area contributed by atoms with E-state index in [2.05, 4.69) is 0 Å². The number of hydrogen-bond donors (Lipinski definition) is 2. The summed E-state index contributed by atoms with van der Waals surface area (Å²) in [4.78, 5) is 10.4. The zero-order valence-electron chi connectivity index (χ0n) is 5.66. The Bertz CT molecular complexity index is 119. The summed E-state index contributed by atoms with van der Waals surface area (Å²) in [5.74, 6) is -0.350. The molecule has 0 aliphatic rings. The minimum absolute atomic E-state index is 0.350. The number of carbonyl (C=O) groups excluding carboxylic acids is 1. The van der Waals surface area contributed by atoms with E-state index in [0.717, 1.165) is 4.31 Å². The Kier molecular flexibility index (Phi) is 2.48. The molecule has 1 amide bonds. The largest absolute Gasteiger partial charge is 0.282 e. The average molecular weight is 153 g/mol. The summed E-state index contributed by atoms with van der Waals surface area (Å²) in [7, 11) is -1.47. The van der Waals surface area contributed by atoms with Crippen LogP contribution in [0.2, 0.25) is 0 Å². The van der Waals surface area contributed by atoms with Gasteiger partial charge in [0.25, 0.3) is 0 Å². The predicted molar refractivity (Wildman–Crippen MR) is 37.2 cm³/mol. The van der Waals surface area contributed by atoms with Crippen molar-refractivity contribution in [2.45, 2.75) is 6.92 Å². The molecule has 0 aliphatic carbocycles. The van der Waals surface area contributed by atoms with Crippen LogP contribution in [0.5, 0.6) is 0 Å². The van der Waals surface area contributed by atoms with Gasteiger partial charge in [0.1, 0.15) is 0 Å². The van der Waals surface area contributed by atoms with Gasteiger partial charge in [-0.15, -0.1) is 10.8 Å². The van der Waals surface area contributed by atoms with E-state index < -0.39 is 10.8 Å². The summed E-state index contributed by atoms with van der Waals surface area (Å²) in [5.41, 5.74) is 0. The Morgan fingerprint density at radius 3 is 1.89 bits per heavy atom. The van der Waals surface area contributed by atoms with E-state index in [1.165, 1.54) is 20.2 Å². The molecular formula is C4H11NO3S. The van der Waals surface area contributed by atoms with E-state index in [1.54, 1.807) is 0 Å². The van der Waals surface area contributed by atoms with Crippen molar-refractivity contribution in [2.24, 2.45) is 0 Å². The van der Waals surface area contributed by atoms with Gasteiger partial charge < -0.3 is 0 Å². The lowest BCUT2D eigenvalue weighted by molar-refractivity contribution is -0.123. The highest BCUT2D eigenvalue weighted by Gasteiger charge is 2.13. The maximum Gasteiger partial charge on any atom is 0.237 e. The van der Waals surface area contributed by atoms with Crippen LogP contribution < -0.4 is 0 Å². The second-order valence-corrected chi connectivity index (χ2v) is 3.94. The zero-order chi connectivity index (χ0) is 7.65. The molecule has 0 fully saturated rings. The standard InChI is InChI=1S/C4H11NO3S/c1-4(6)5(2)9(3,7)8/h7-8H,1-3H3. The lowest BCUT2D eigenvalue weighted by atomic mass is 10.7. The van der Waals surface area contributed by atoms with Crippen LogP contribution in [-0.2, 0) is 4.79 Å². The molecule has 0 saturated carbocycles. The third-order valence-electron chi connectivity index (χ3n) is 0.962. The first-order chi connectivity index (χ1) is 3.85. The predicted octanol–water partition coefficient (Wildman–Crippen LogP) is 0.760. The summed E-state index contributed by atoms with van der Waals surface area (Å²) >= 11 is 0. The molecule has 0 heterocycles. The summed E-state index contributed by atoms with van der Waals surface area (Å²) in [6.45, 7) is 1.28. The number of nitrogens with zero attached hydrogens (tertiary/aromatic N) is 1. The topological polar surface area (TPSA) is 60.8 Å². The van der Waals surface area contributed by atoms with Gasteiger partial charge in [0.2, 0.25) is 5.91 Å². The third-order valence-corrected chi connectivity index (χ3v) is 2.26. The van der Waals surface area contributed by atoms with Gasteiger partial charge in [-0.1, -0.05) is 0 Å². The maximum atomic E-state index is 10.4. The fraction of sp³-hybridized carbons (Fsp3) is 0.750. The minimum Gasteiger partial charge on any atom is -0.282 e. The van der Waals surface area contributed by atoms with Gasteiger partial charge in [-0.2, -0.15) is 0 Å². The molecule has 56 valence electrons. The van der Waals surface area contributed by atoms with E-state index in [4.69, 9.17) is 9.11 Å². The van der Waals surface area contributed by atoms with Crippen molar-refractivity contribution >= 4 is 16.7 Å². The van der Waals surface area contributed by atoms with E-state index in [9.17, 15) is 4.79 Å². The Balaban J connectivity index is 4.04. The Morgan fingerprint density at radius 2 is 1.89 bits per heavy atom. The van der Waals surface area contributed by atoms with Gasteiger partial charge in [0.15, 0.2) is 0 Å². The lowest BCUT2D eigenvalue weighted by Gasteiger charge is -2.35. The van der Waals surface area contributed by atoms with Crippen LogP contribution in [0.3, 0.4) is 0 Å². The van der Waals surface area contributed by atoms with E-state index in [0.29, 0.717) is 0 Å². The zero-order valence-corrected chi connectivity index (χ0v) is 6.47. The molecule has 5 heteroatoms. The summed E-state index contributed by atoms with van der Waals surface area (Å²) in [6, 6.07) is 0. The average Bonchev–Trinajstić information content (AvgIpc) is 1.62. The fourth-order valence-corrected chi connectivity index (χ4v) is 0.731. The molecule has 0 radical (unpaired) electrons. The van der Waals surface area contributed by atoms with Gasteiger partial charge in [-0.05, 0) is 0 Å². The Morgan fingerprint density at radius 1 is 1.56 bits per heavy atom. The molecular weight excluding hydrogens is 142 g/mol. The van der Waals surface area contributed by atoms with E-state index >= 15 is 0 Å². The molecule has 4 nitrogen and oxygen atoms in total. The van der Waals surface area contributed by atoms with Crippen molar-refractivity contribution in [1.29, 1.82) is 0 Å². The first-order valence-corrected chi connectivity index (χ1v) is 4.24. The second kappa shape index (κ2) is 2.55. The normalized spacial score (nSPS) is 13.0. The molecule has 0 aromatic heterocycles. The SMILES string of the molecule is CC(=O)N(C)S(C)(O)O. The number of carbonyl (C=O) groups is 1. The fourth-order valence-electron chi connectivity index (χ4n) is 0.244. The molecule has 0 aromatic carbocycles. The Hall–Kier alpha value is -0.260. The highest BCUT2D eigenvalue weighted by Crippen LogP contribution is 2.36. The molecule has 0 saturated heterocycles. The highest BCUT2D eigenvalue weighted by atomic mass is 32.3. The second-order valence-electron chi connectivity index (χ2n) is 1.81. The van der Waals surface area contributed by atoms with E-state index in [1.807, 2.05) is 0 Å². The summed E-state index contributed by atoms with van der Waals surface area (Å²) in [6.07, 6.45) is 1.20. The van der Waals surface area contributed by atoms with Crippen molar-refractivity contribution in [2.75, 3.05) is 13.3 Å². The van der Waals surface area contributed by atoms with Crippen LogP contribution in [0.4, 0.5) is 0 Å². The minimum atomic E-state index is -2.82. The first kappa shape index (κ1) is 8.74. The molecule has 0 bridgehead atoms. The monoisotopic (exact) mass is 153 g/mol. The molecule has 0 atom stereocenters. The van der Waals surface area contributed by atoms with Crippen LogP contribution >= 0.6 is 10.8 Å². The van der Waals surface area contributed by atoms with Crippen LogP contribution in [0.15, 0.2) is 0 Å². The van der Waals surface area contributed by atoms with Crippen LogP contribution in [-0.4, -0.2) is 32.6 Å². The molecule has 9 heavy (non-hydrogen) atoms. The molecule has 0 aromatic rings. The number of rotatable bonds is 1. The van der Waals surface area contributed by atoms with Gasteiger partial charge in [-0.25, -0.2) is 4.31 Å². The molecule has 0 aliphatic heterocycles. The van der Waals surface area contributed by atoms with Gasteiger partial charge in [-0.3, -0.25) is 13.9 Å².